The van der Waals surface area contributed by atoms with Crippen LogP contribution in [0.3, 0.4) is 0 Å². The van der Waals surface area contributed by atoms with Crippen LogP contribution >= 0.6 is 0 Å². The van der Waals surface area contributed by atoms with Crippen LogP contribution in [0.25, 0.3) is 0 Å². The van der Waals surface area contributed by atoms with E-state index >= 15 is 0 Å². The van der Waals surface area contributed by atoms with Gasteiger partial charge in [-0.05, 0) is 28.9 Å². The minimum atomic E-state index is -1.50. The number of hydrogen-bond acceptors (Lipinski definition) is 6. The Morgan fingerprint density at radius 3 is 1.58 bits per heavy atom. The Hall–Kier alpha value is -3.68. The zero-order chi connectivity index (χ0) is 28.3. The lowest BCUT2D eigenvalue weighted by molar-refractivity contribution is -0.169. The molecule has 0 bridgehead atoms. The molecule has 8 heteroatoms. The van der Waals surface area contributed by atoms with Crippen LogP contribution in [-0.4, -0.2) is 36.8 Å². The van der Waals surface area contributed by atoms with Gasteiger partial charge in [-0.3, -0.25) is 19.2 Å². The van der Waals surface area contributed by atoms with E-state index in [0.717, 1.165) is 11.1 Å². The van der Waals surface area contributed by atoms with Gasteiger partial charge in [0, 0.05) is 7.05 Å². The first-order valence-electron chi connectivity index (χ1n) is 12.9. The van der Waals surface area contributed by atoms with Crippen molar-refractivity contribution in [1.29, 1.82) is 0 Å². The fourth-order valence-corrected chi connectivity index (χ4v) is 4.03. The van der Waals surface area contributed by atoms with Crippen molar-refractivity contribution < 1.29 is 28.7 Å². The van der Waals surface area contributed by atoms with Gasteiger partial charge in [0.15, 0.2) is 5.92 Å². The molecular formula is C30H40N2O6. The van der Waals surface area contributed by atoms with Gasteiger partial charge >= 0.3 is 11.9 Å². The highest BCUT2D eigenvalue weighted by Crippen LogP contribution is 2.27. The average molecular weight is 525 g/mol. The quantitative estimate of drug-likeness (QED) is 0.320. The molecule has 0 aliphatic carbocycles. The number of ether oxygens (including phenoxy) is 2. The summed E-state index contributed by atoms with van der Waals surface area (Å²) in [5.41, 5.74) is 0.874. The topological polar surface area (TPSA) is 111 Å². The summed E-state index contributed by atoms with van der Waals surface area (Å²) in [5, 5.41) is 5.36. The number of esters is 2. The number of likely N-dealkylation sites (N-methyl/N-ethyl adjacent to an activating group) is 1. The molecule has 8 nitrogen and oxygen atoms in total. The van der Waals surface area contributed by atoms with Crippen molar-refractivity contribution >= 4 is 23.8 Å². The molecule has 2 amide bonds. The van der Waals surface area contributed by atoms with Crippen LogP contribution in [0.1, 0.15) is 52.2 Å². The molecule has 0 fully saturated rings. The molecule has 2 rings (SSSR count). The summed E-state index contributed by atoms with van der Waals surface area (Å²) in [5.74, 6) is -5.29. The van der Waals surface area contributed by atoms with Crippen molar-refractivity contribution in [2.45, 2.75) is 60.3 Å². The Morgan fingerprint density at radius 1 is 0.763 bits per heavy atom. The van der Waals surface area contributed by atoms with E-state index in [-0.39, 0.29) is 31.5 Å². The number of hydrogen-bond donors (Lipinski definition) is 2. The zero-order valence-corrected chi connectivity index (χ0v) is 23.2. The summed E-state index contributed by atoms with van der Waals surface area (Å²) in [4.78, 5) is 53.0. The van der Waals surface area contributed by atoms with Gasteiger partial charge in [-0.2, -0.15) is 0 Å². The fraction of sp³-hybridized carbons (Fsp3) is 0.467. The molecule has 0 aromatic heterocycles. The van der Waals surface area contributed by atoms with E-state index < -0.39 is 41.1 Å². The average Bonchev–Trinajstić information content (AvgIpc) is 2.88. The van der Waals surface area contributed by atoms with Crippen LogP contribution in [0.5, 0.6) is 0 Å². The van der Waals surface area contributed by atoms with Crippen LogP contribution in [0.15, 0.2) is 60.7 Å². The lowest BCUT2D eigenvalue weighted by Crippen LogP contribution is -2.55. The number of carbonyl (C=O) groups excluding carboxylic acids is 4. The molecule has 2 aromatic carbocycles. The van der Waals surface area contributed by atoms with Crippen LogP contribution in [-0.2, 0) is 41.9 Å². The molecule has 0 radical (unpaired) electrons. The minimum absolute atomic E-state index is 0.0369. The Bertz CT molecular complexity index is 1010. The number of amides is 2. The summed E-state index contributed by atoms with van der Waals surface area (Å²) >= 11 is 0. The first kappa shape index (κ1) is 30.5. The Morgan fingerprint density at radius 2 is 1.21 bits per heavy atom. The lowest BCUT2D eigenvalue weighted by Gasteiger charge is -2.32. The predicted molar refractivity (Wildman–Crippen MR) is 144 cm³/mol. The Kier molecular flexibility index (Phi) is 11.5. The van der Waals surface area contributed by atoms with E-state index in [9.17, 15) is 19.2 Å². The molecular weight excluding hydrogens is 484 g/mol. The monoisotopic (exact) mass is 524 g/mol. The first-order valence-corrected chi connectivity index (χ1v) is 12.9. The Balaban J connectivity index is 2.37. The molecule has 2 aromatic rings. The van der Waals surface area contributed by atoms with Crippen molar-refractivity contribution in [1.82, 2.24) is 10.6 Å². The SMILES string of the molecule is CNC(=O)C(NC(=O)C(CC(C)C)C(C(=O)OCc1ccccc1)C(=O)OCc1ccccc1)C(C)(C)C. The van der Waals surface area contributed by atoms with Gasteiger partial charge in [0.25, 0.3) is 0 Å². The summed E-state index contributed by atoms with van der Waals surface area (Å²) in [6.45, 7) is 9.14. The van der Waals surface area contributed by atoms with Gasteiger partial charge in [0.1, 0.15) is 19.3 Å². The van der Waals surface area contributed by atoms with Crippen molar-refractivity contribution in [3.8, 4) is 0 Å². The fourth-order valence-electron chi connectivity index (χ4n) is 4.03. The lowest BCUT2D eigenvalue weighted by atomic mass is 9.82. The number of benzene rings is 2. The second-order valence-electron chi connectivity index (χ2n) is 10.8. The van der Waals surface area contributed by atoms with E-state index in [1.165, 1.54) is 7.05 Å². The van der Waals surface area contributed by atoms with E-state index in [0.29, 0.717) is 0 Å². The van der Waals surface area contributed by atoms with E-state index in [2.05, 4.69) is 10.6 Å². The van der Waals surface area contributed by atoms with Gasteiger partial charge in [-0.1, -0.05) is 95.3 Å². The maximum atomic E-state index is 13.6. The van der Waals surface area contributed by atoms with E-state index in [1.54, 1.807) is 24.3 Å². The third kappa shape index (κ3) is 9.32. The first-order chi connectivity index (χ1) is 17.9. The summed E-state index contributed by atoms with van der Waals surface area (Å²) in [6, 6.07) is 17.3. The van der Waals surface area contributed by atoms with Gasteiger partial charge in [-0.25, -0.2) is 0 Å². The third-order valence-electron chi connectivity index (χ3n) is 6.08. The predicted octanol–water partition coefficient (Wildman–Crippen LogP) is 4.03. The molecule has 2 atom stereocenters. The largest absolute Gasteiger partial charge is 0.460 e. The van der Waals surface area contributed by atoms with E-state index in [1.807, 2.05) is 71.0 Å². The maximum absolute atomic E-state index is 13.6. The van der Waals surface area contributed by atoms with Gasteiger partial charge in [0.2, 0.25) is 11.8 Å². The van der Waals surface area contributed by atoms with Crippen LogP contribution in [0.2, 0.25) is 0 Å². The molecule has 0 saturated carbocycles. The second-order valence-corrected chi connectivity index (χ2v) is 10.8. The molecule has 0 aliphatic heterocycles. The van der Waals surface area contributed by atoms with Crippen molar-refractivity contribution in [3.63, 3.8) is 0 Å². The molecule has 38 heavy (non-hydrogen) atoms. The summed E-state index contributed by atoms with van der Waals surface area (Å²) in [7, 11) is 1.49. The van der Waals surface area contributed by atoms with Crippen molar-refractivity contribution in [3.05, 3.63) is 71.8 Å². The normalized spacial score (nSPS) is 12.9. The molecule has 0 aliphatic rings. The minimum Gasteiger partial charge on any atom is -0.460 e. The Labute approximate surface area is 225 Å². The second kappa shape index (κ2) is 14.3. The summed E-state index contributed by atoms with van der Waals surface area (Å²) < 4.78 is 11.0. The van der Waals surface area contributed by atoms with Crippen LogP contribution < -0.4 is 10.6 Å². The number of carbonyl (C=O) groups is 4. The number of rotatable bonds is 12. The maximum Gasteiger partial charge on any atom is 0.321 e. The van der Waals surface area contributed by atoms with E-state index in [4.69, 9.17) is 9.47 Å². The van der Waals surface area contributed by atoms with Crippen LogP contribution in [0.4, 0.5) is 0 Å². The standard InChI is InChI=1S/C30H40N2O6/c1-20(2)17-23(26(33)32-25(27(34)31-6)30(3,4)5)24(28(35)37-18-21-13-9-7-10-14-21)29(36)38-19-22-15-11-8-12-16-22/h7-16,20,23-25H,17-19H2,1-6H3,(H,31,34)(H,32,33). The molecule has 0 saturated heterocycles. The molecule has 206 valence electrons. The number of nitrogens with one attached hydrogen (secondary N) is 2. The molecule has 2 unspecified atom stereocenters. The smallest absolute Gasteiger partial charge is 0.321 e. The molecule has 0 heterocycles. The van der Waals surface area contributed by atoms with Gasteiger partial charge in [0.05, 0.1) is 5.92 Å². The van der Waals surface area contributed by atoms with Crippen molar-refractivity contribution in [2.24, 2.45) is 23.2 Å². The highest BCUT2D eigenvalue weighted by molar-refractivity contribution is 6.01. The van der Waals surface area contributed by atoms with Gasteiger partial charge in [-0.15, -0.1) is 0 Å². The zero-order valence-electron chi connectivity index (χ0n) is 23.2. The highest BCUT2D eigenvalue weighted by Gasteiger charge is 2.44. The molecule has 0 spiro atoms. The summed E-state index contributed by atoms with van der Waals surface area (Å²) in [6.07, 6.45) is 0.210. The molecule has 2 N–H and O–H groups in total. The van der Waals surface area contributed by atoms with Gasteiger partial charge < -0.3 is 20.1 Å². The van der Waals surface area contributed by atoms with Crippen molar-refractivity contribution in [2.75, 3.05) is 7.05 Å². The highest BCUT2D eigenvalue weighted by atomic mass is 16.6. The van der Waals surface area contributed by atoms with Crippen LogP contribution in [0, 0.1) is 23.2 Å². The third-order valence-corrected chi connectivity index (χ3v) is 6.08.